The van der Waals surface area contributed by atoms with Gasteiger partial charge in [0.05, 0.1) is 10.9 Å². The fraction of sp³-hybridized carbons (Fsp3) is 0.233. The number of allylic oxidation sites excluding steroid dienone is 2. The molecule has 1 saturated carbocycles. The molecule has 39 heavy (non-hydrogen) atoms. The van der Waals surface area contributed by atoms with E-state index >= 15 is 0 Å². The molecule has 0 aliphatic heterocycles. The molecule has 1 aromatic carbocycles. The minimum absolute atomic E-state index is 0.0834. The number of fused-ring (bicyclic) bond motifs is 1. The summed E-state index contributed by atoms with van der Waals surface area (Å²) in [7, 11) is 1.54. The van der Waals surface area contributed by atoms with Crippen LogP contribution in [-0.2, 0) is 10.3 Å². The van der Waals surface area contributed by atoms with Crippen LogP contribution in [0.25, 0.3) is 22.4 Å². The number of carbonyl (C=O) groups is 2. The van der Waals surface area contributed by atoms with Crippen LogP contribution in [0.5, 0.6) is 0 Å². The first kappa shape index (κ1) is 24.7. The van der Waals surface area contributed by atoms with E-state index in [1.54, 1.807) is 43.8 Å². The van der Waals surface area contributed by atoms with Crippen LogP contribution in [0, 0.1) is 11.7 Å². The SMILES string of the molecule is CNC(=O)c1c(-c2ccc(F)cc2)oc2ncc(C3C=C(C(=O)NC4(c5ncccn5)CC4)C=CC3C)cc12. The average molecular weight is 524 g/mol. The summed E-state index contributed by atoms with van der Waals surface area (Å²) in [6.07, 6.45) is 12.4. The lowest BCUT2D eigenvalue weighted by Gasteiger charge is -2.24. The summed E-state index contributed by atoms with van der Waals surface area (Å²) < 4.78 is 19.5. The van der Waals surface area contributed by atoms with E-state index in [4.69, 9.17) is 4.42 Å². The molecule has 9 heteroatoms. The normalized spacial score (nSPS) is 19.4. The number of pyridine rings is 1. The van der Waals surface area contributed by atoms with Crippen LogP contribution in [0.1, 0.15) is 47.4 Å². The van der Waals surface area contributed by atoms with Gasteiger partial charge in [-0.1, -0.05) is 25.2 Å². The van der Waals surface area contributed by atoms with Crippen LogP contribution in [0.2, 0.25) is 0 Å². The summed E-state index contributed by atoms with van der Waals surface area (Å²) in [5, 5.41) is 6.34. The third-order valence-electron chi connectivity index (χ3n) is 7.38. The summed E-state index contributed by atoms with van der Waals surface area (Å²) in [6.45, 7) is 2.07. The molecule has 2 aliphatic rings. The zero-order chi connectivity index (χ0) is 27.1. The van der Waals surface area contributed by atoms with E-state index in [1.807, 2.05) is 24.3 Å². The maximum Gasteiger partial charge on any atom is 0.255 e. The van der Waals surface area contributed by atoms with Gasteiger partial charge in [-0.15, -0.1) is 0 Å². The molecule has 3 aromatic heterocycles. The van der Waals surface area contributed by atoms with Crippen LogP contribution in [0.4, 0.5) is 4.39 Å². The van der Waals surface area contributed by atoms with Crippen LogP contribution >= 0.6 is 0 Å². The summed E-state index contributed by atoms with van der Waals surface area (Å²) >= 11 is 0. The van der Waals surface area contributed by atoms with Gasteiger partial charge in [-0.25, -0.2) is 19.3 Å². The molecule has 0 spiro atoms. The van der Waals surface area contributed by atoms with Gasteiger partial charge in [-0.2, -0.15) is 0 Å². The fourth-order valence-electron chi connectivity index (χ4n) is 5.03. The number of nitrogens with zero attached hydrogens (tertiary/aromatic N) is 3. The molecule has 8 nitrogen and oxygen atoms in total. The molecule has 2 aliphatic carbocycles. The van der Waals surface area contributed by atoms with E-state index < -0.39 is 5.54 Å². The van der Waals surface area contributed by atoms with Gasteiger partial charge >= 0.3 is 0 Å². The molecule has 196 valence electrons. The minimum Gasteiger partial charge on any atom is -0.437 e. The highest BCUT2D eigenvalue weighted by Gasteiger charge is 2.48. The first-order valence-corrected chi connectivity index (χ1v) is 12.8. The number of benzene rings is 1. The van der Waals surface area contributed by atoms with Gasteiger partial charge in [0.2, 0.25) is 5.71 Å². The van der Waals surface area contributed by atoms with Crippen molar-refractivity contribution in [3.63, 3.8) is 0 Å². The summed E-state index contributed by atoms with van der Waals surface area (Å²) in [5.74, 6) is -0.0348. The van der Waals surface area contributed by atoms with Crippen molar-refractivity contribution in [2.24, 2.45) is 5.92 Å². The monoisotopic (exact) mass is 523 g/mol. The van der Waals surface area contributed by atoms with Crippen molar-refractivity contribution in [1.82, 2.24) is 25.6 Å². The van der Waals surface area contributed by atoms with Crippen molar-refractivity contribution >= 4 is 22.9 Å². The number of carbonyl (C=O) groups excluding carboxylic acids is 2. The fourth-order valence-corrected chi connectivity index (χ4v) is 5.03. The summed E-state index contributed by atoms with van der Waals surface area (Å²) in [6, 6.07) is 9.40. The van der Waals surface area contributed by atoms with Crippen molar-refractivity contribution in [3.8, 4) is 11.3 Å². The van der Waals surface area contributed by atoms with Crippen LogP contribution in [0.15, 0.2) is 83.2 Å². The smallest absolute Gasteiger partial charge is 0.255 e. The Hall–Kier alpha value is -4.66. The highest BCUT2D eigenvalue weighted by molar-refractivity contribution is 6.10. The Morgan fingerprint density at radius 3 is 2.51 bits per heavy atom. The van der Waals surface area contributed by atoms with Crippen molar-refractivity contribution in [3.05, 3.63) is 102 Å². The lowest BCUT2D eigenvalue weighted by atomic mass is 9.82. The van der Waals surface area contributed by atoms with Crippen LogP contribution < -0.4 is 10.6 Å². The Morgan fingerprint density at radius 1 is 1.08 bits per heavy atom. The molecule has 6 rings (SSSR count). The molecule has 3 heterocycles. The van der Waals surface area contributed by atoms with E-state index in [0.29, 0.717) is 39.4 Å². The quantitative estimate of drug-likeness (QED) is 0.376. The Morgan fingerprint density at radius 2 is 1.82 bits per heavy atom. The molecular formula is C30H26FN5O3. The second kappa shape index (κ2) is 9.58. The van der Waals surface area contributed by atoms with Crippen LogP contribution in [0.3, 0.4) is 0 Å². The van der Waals surface area contributed by atoms with Gasteiger partial charge in [0.25, 0.3) is 11.8 Å². The molecule has 0 radical (unpaired) electrons. The minimum atomic E-state index is -0.526. The molecule has 1 fully saturated rings. The average Bonchev–Trinajstić information content (AvgIpc) is 3.65. The molecular weight excluding hydrogens is 497 g/mol. The van der Waals surface area contributed by atoms with E-state index in [1.165, 1.54) is 12.1 Å². The first-order chi connectivity index (χ1) is 18.9. The number of amides is 2. The largest absolute Gasteiger partial charge is 0.437 e. The van der Waals surface area contributed by atoms with E-state index in [-0.39, 0.29) is 29.5 Å². The lowest BCUT2D eigenvalue weighted by Crippen LogP contribution is -2.37. The van der Waals surface area contributed by atoms with E-state index in [2.05, 4.69) is 32.5 Å². The number of rotatable bonds is 6. The van der Waals surface area contributed by atoms with Crippen molar-refractivity contribution < 1.29 is 18.4 Å². The second-order valence-electron chi connectivity index (χ2n) is 9.99. The summed E-state index contributed by atoms with van der Waals surface area (Å²) in [5.41, 5.74) is 2.06. The number of furan rings is 1. The van der Waals surface area contributed by atoms with E-state index in [0.717, 1.165) is 18.4 Å². The molecule has 2 amide bonds. The highest BCUT2D eigenvalue weighted by atomic mass is 19.1. The molecule has 0 bridgehead atoms. The van der Waals surface area contributed by atoms with Crippen molar-refractivity contribution in [2.75, 3.05) is 7.05 Å². The van der Waals surface area contributed by atoms with Crippen molar-refractivity contribution in [1.29, 1.82) is 0 Å². The summed E-state index contributed by atoms with van der Waals surface area (Å²) in [4.78, 5) is 39.4. The maximum atomic E-state index is 13.5. The van der Waals surface area contributed by atoms with E-state index in [9.17, 15) is 14.0 Å². The maximum absolute atomic E-state index is 13.5. The Labute approximate surface area is 224 Å². The van der Waals surface area contributed by atoms with Gasteiger partial charge in [-0.3, -0.25) is 9.59 Å². The molecule has 2 unspecified atom stereocenters. The Bertz CT molecular complexity index is 1640. The molecule has 4 aromatic rings. The van der Waals surface area contributed by atoms with Gasteiger partial charge in [0.1, 0.15) is 17.1 Å². The Kier molecular flexibility index (Phi) is 6.06. The van der Waals surface area contributed by atoms with Crippen molar-refractivity contribution in [2.45, 2.75) is 31.2 Å². The lowest BCUT2D eigenvalue weighted by molar-refractivity contribution is -0.118. The van der Waals surface area contributed by atoms with Gasteiger partial charge < -0.3 is 15.1 Å². The Balaban J connectivity index is 1.35. The van der Waals surface area contributed by atoms with Gasteiger partial charge in [0.15, 0.2) is 5.82 Å². The topological polar surface area (TPSA) is 110 Å². The third kappa shape index (κ3) is 4.50. The predicted octanol–water partition coefficient (Wildman–Crippen LogP) is 4.80. The molecule has 0 saturated heterocycles. The number of halogens is 1. The number of hydrogen-bond donors (Lipinski definition) is 2. The molecule has 2 atom stereocenters. The standard InChI is InChI=1S/C30H26FN5O3/c1-17-4-5-19(26(37)36-30(10-11-30)29-33-12-3-13-34-29)14-22(17)20-15-23-24(27(38)32-2)25(39-28(23)35-16-20)18-6-8-21(31)9-7-18/h3-9,12-17,22H,10-11H2,1-2H3,(H,32,38)(H,36,37). The number of hydrogen-bond acceptors (Lipinski definition) is 6. The van der Waals surface area contributed by atoms with Gasteiger partial charge in [0, 0.05) is 42.7 Å². The zero-order valence-corrected chi connectivity index (χ0v) is 21.4. The molecule has 2 N–H and O–H groups in total. The van der Waals surface area contributed by atoms with Crippen LogP contribution in [-0.4, -0.2) is 33.8 Å². The second-order valence-corrected chi connectivity index (χ2v) is 9.99. The zero-order valence-electron chi connectivity index (χ0n) is 21.4. The first-order valence-electron chi connectivity index (χ1n) is 12.8. The third-order valence-corrected chi connectivity index (χ3v) is 7.38. The number of aromatic nitrogens is 3. The predicted molar refractivity (Wildman–Crippen MR) is 143 cm³/mol. The number of nitrogens with one attached hydrogen (secondary N) is 2. The highest BCUT2D eigenvalue weighted by Crippen LogP contribution is 2.44. The van der Waals surface area contributed by atoms with Gasteiger partial charge in [-0.05, 0) is 60.7 Å².